The largest absolute Gasteiger partial charge is 0.548 e. The molecule has 0 N–H and O–H groups in total. The van der Waals surface area contributed by atoms with Crippen LogP contribution in [-0.2, 0) is 4.79 Å². The highest BCUT2D eigenvalue weighted by atomic mass is 79.9. The van der Waals surface area contributed by atoms with Gasteiger partial charge >= 0.3 is 0 Å². The van der Waals surface area contributed by atoms with Crippen LogP contribution in [0.1, 0.15) is 17.9 Å². The number of carboxylic acid groups (broad SMARTS) is 1. The molecule has 0 aromatic heterocycles. The van der Waals surface area contributed by atoms with E-state index in [1.54, 1.807) is 0 Å². The first-order valence-electron chi connectivity index (χ1n) is 7.19. The van der Waals surface area contributed by atoms with Gasteiger partial charge in [0.25, 0.3) is 0 Å². The molecule has 114 valence electrons. The van der Waals surface area contributed by atoms with E-state index in [4.69, 9.17) is 0 Å². The Balaban J connectivity index is 2.13. The standard InChI is InChI=1S/C17H17BrN2O2/c1-20(2)12-5-6-13(14(18)8-12)15-10-3-4-11(7-10)17(15,9-19)16(21)22/h3-6,8,10-11,15H,7H2,1-2H3,(H,21,22)/p-1/t10-,11-,15-,17+/m0/s1. The van der Waals surface area contributed by atoms with Gasteiger partial charge in [0.1, 0.15) is 5.41 Å². The Morgan fingerprint density at radius 2 is 2.18 bits per heavy atom. The number of nitriles is 1. The van der Waals surface area contributed by atoms with Crippen molar-refractivity contribution in [3.8, 4) is 6.07 Å². The van der Waals surface area contributed by atoms with Gasteiger partial charge in [-0.3, -0.25) is 0 Å². The zero-order chi connectivity index (χ0) is 16.1. The van der Waals surface area contributed by atoms with E-state index in [-0.39, 0.29) is 17.8 Å². The average molecular weight is 360 g/mol. The lowest BCUT2D eigenvalue weighted by Gasteiger charge is -2.37. The molecule has 0 radical (unpaired) electrons. The Morgan fingerprint density at radius 3 is 2.73 bits per heavy atom. The van der Waals surface area contributed by atoms with Crippen LogP contribution in [-0.4, -0.2) is 20.1 Å². The van der Waals surface area contributed by atoms with Crippen LogP contribution >= 0.6 is 15.9 Å². The number of halogens is 1. The molecule has 0 aliphatic heterocycles. The molecule has 0 amide bonds. The number of carbonyl (C=O) groups is 1. The van der Waals surface area contributed by atoms with E-state index < -0.39 is 11.4 Å². The number of fused-ring (bicyclic) bond motifs is 2. The SMILES string of the molecule is CN(C)c1ccc([C@@H]2[C@H]3C=C[C@@H](C3)[C@@]2(C#N)C(=O)[O-])c(Br)c1. The second-order valence-corrected chi connectivity index (χ2v) is 7.09. The summed E-state index contributed by atoms with van der Waals surface area (Å²) in [5, 5.41) is 21.5. The number of nitrogens with zero attached hydrogens (tertiary/aromatic N) is 2. The van der Waals surface area contributed by atoms with Crippen molar-refractivity contribution in [3.63, 3.8) is 0 Å². The first-order valence-corrected chi connectivity index (χ1v) is 7.99. The summed E-state index contributed by atoms with van der Waals surface area (Å²) < 4.78 is 0.838. The smallest absolute Gasteiger partial charge is 0.110 e. The van der Waals surface area contributed by atoms with E-state index in [0.717, 1.165) is 15.7 Å². The molecule has 22 heavy (non-hydrogen) atoms. The highest BCUT2D eigenvalue weighted by Gasteiger charge is 2.58. The Hall–Kier alpha value is -1.80. The summed E-state index contributed by atoms with van der Waals surface area (Å²) in [7, 11) is 3.89. The Morgan fingerprint density at radius 1 is 1.45 bits per heavy atom. The molecule has 1 saturated carbocycles. The molecule has 2 bridgehead atoms. The number of anilines is 1. The van der Waals surface area contributed by atoms with Gasteiger partial charge < -0.3 is 14.8 Å². The third-order valence-electron chi connectivity index (χ3n) is 4.98. The predicted molar refractivity (Wildman–Crippen MR) is 85.0 cm³/mol. The minimum atomic E-state index is -1.47. The van der Waals surface area contributed by atoms with Gasteiger partial charge in [-0.25, -0.2) is 0 Å². The molecular formula is C17H16BrN2O2-. The molecule has 0 spiro atoms. The number of aliphatic carboxylic acids is 1. The van der Waals surface area contributed by atoms with Crippen molar-refractivity contribution in [2.24, 2.45) is 17.3 Å². The maximum atomic E-state index is 11.8. The summed E-state index contributed by atoms with van der Waals surface area (Å²) >= 11 is 3.55. The van der Waals surface area contributed by atoms with E-state index in [9.17, 15) is 15.2 Å². The highest BCUT2D eigenvalue weighted by molar-refractivity contribution is 9.10. The Labute approximate surface area is 138 Å². The maximum absolute atomic E-state index is 11.8. The van der Waals surface area contributed by atoms with E-state index in [2.05, 4.69) is 22.0 Å². The number of hydrogen-bond donors (Lipinski definition) is 0. The number of hydrogen-bond acceptors (Lipinski definition) is 4. The molecule has 4 nitrogen and oxygen atoms in total. The summed E-state index contributed by atoms with van der Waals surface area (Å²) in [5.74, 6) is -1.83. The van der Waals surface area contributed by atoms with Crippen LogP contribution in [0.4, 0.5) is 5.69 Å². The second kappa shape index (κ2) is 5.13. The van der Waals surface area contributed by atoms with Crippen molar-refractivity contribution in [1.29, 1.82) is 5.26 Å². The average Bonchev–Trinajstić information content (AvgIpc) is 3.06. The summed E-state index contributed by atoms with van der Waals surface area (Å²) in [5.41, 5.74) is 0.417. The van der Waals surface area contributed by atoms with Crippen molar-refractivity contribution in [2.75, 3.05) is 19.0 Å². The van der Waals surface area contributed by atoms with Gasteiger partial charge in [-0.1, -0.05) is 34.1 Å². The summed E-state index contributed by atoms with van der Waals surface area (Å²) in [6, 6.07) is 7.91. The van der Waals surface area contributed by atoms with Gasteiger partial charge in [0.2, 0.25) is 0 Å². The summed E-state index contributed by atoms with van der Waals surface area (Å²) in [6.07, 6.45) is 4.61. The van der Waals surface area contributed by atoms with Gasteiger partial charge in [0.15, 0.2) is 0 Å². The van der Waals surface area contributed by atoms with Crippen LogP contribution in [0.25, 0.3) is 0 Å². The molecule has 4 atom stereocenters. The molecule has 2 aliphatic carbocycles. The molecule has 1 aromatic rings. The number of benzene rings is 1. The Kier molecular flexibility index (Phi) is 3.53. The molecule has 1 aromatic carbocycles. The van der Waals surface area contributed by atoms with Crippen molar-refractivity contribution in [1.82, 2.24) is 0 Å². The summed E-state index contributed by atoms with van der Waals surface area (Å²) in [4.78, 5) is 13.8. The predicted octanol–water partition coefficient (Wildman–Crippen LogP) is 2.06. The number of carboxylic acids is 1. The van der Waals surface area contributed by atoms with Crippen molar-refractivity contribution < 1.29 is 9.90 Å². The molecule has 1 fully saturated rings. The van der Waals surface area contributed by atoms with Crippen LogP contribution in [0, 0.1) is 28.6 Å². The van der Waals surface area contributed by atoms with Crippen molar-refractivity contribution in [2.45, 2.75) is 12.3 Å². The van der Waals surface area contributed by atoms with Gasteiger partial charge in [0.05, 0.1) is 12.0 Å². The molecule has 0 unspecified atom stereocenters. The fourth-order valence-corrected chi connectivity index (χ4v) is 4.49. The topological polar surface area (TPSA) is 67.2 Å². The monoisotopic (exact) mass is 359 g/mol. The minimum absolute atomic E-state index is 0.0732. The van der Waals surface area contributed by atoms with Crippen LogP contribution in [0.15, 0.2) is 34.8 Å². The van der Waals surface area contributed by atoms with Gasteiger partial charge in [0, 0.05) is 36.1 Å². The van der Waals surface area contributed by atoms with Crippen LogP contribution in [0.2, 0.25) is 0 Å². The highest BCUT2D eigenvalue weighted by Crippen LogP contribution is 2.61. The number of carbonyl (C=O) groups excluding carboxylic acids is 1. The first kappa shape index (κ1) is 15.1. The van der Waals surface area contributed by atoms with Crippen LogP contribution in [0.5, 0.6) is 0 Å². The number of allylic oxidation sites excluding steroid dienone is 2. The van der Waals surface area contributed by atoms with Crippen LogP contribution in [0.3, 0.4) is 0 Å². The fraction of sp³-hybridized carbons (Fsp3) is 0.412. The third-order valence-corrected chi connectivity index (χ3v) is 5.67. The van der Waals surface area contributed by atoms with Gasteiger partial charge in [-0.2, -0.15) is 5.26 Å². The van der Waals surface area contributed by atoms with E-state index in [0.29, 0.717) is 6.42 Å². The minimum Gasteiger partial charge on any atom is -0.548 e. The van der Waals surface area contributed by atoms with Crippen molar-refractivity contribution >= 4 is 27.6 Å². The lowest BCUT2D eigenvalue weighted by atomic mass is 9.67. The lowest BCUT2D eigenvalue weighted by molar-refractivity contribution is -0.318. The number of rotatable bonds is 3. The van der Waals surface area contributed by atoms with E-state index in [1.807, 2.05) is 49.3 Å². The molecule has 2 aliphatic rings. The third kappa shape index (κ3) is 1.90. The van der Waals surface area contributed by atoms with Gasteiger partial charge in [-0.05, 0) is 30.0 Å². The normalized spacial score (nSPS) is 32.0. The zero-order valence-electron chi connectivity index (χ0n) is 12.4. The summed E-state index contributed by atoms with van der Waals surface area (Å²) in [6.45, 7) is 0. The zero-order valence-corrected chi connectivity index (χ0v) is 14.0. The van der Waals surface area contributed by atoms with Gasteiger partial charge in [-0.15, -0.1) is 0 Å². The molecular weight excluding hydrogens is 344 g/mol. The molecule has 0 heterocycles. The fourth-order valence-electron chi connectivity index (χ4n) is 3.88. The molecule has 0 saturated heterocycles. The van der Waals surface area contributed by atoms with Crippen LogP contribution < -0.4 is 10.0 Å². The Bertz CT molecular complexity index is 707. The van der Waals surface area contributed by atoms with E-state index in [1.165, 1.54) is 0 Å². The lowest BCUT2D eigenvalue weighted by Crippen LogP contribution is -2.48. The molecule has 5 heteroatoms. The maximum Gasteiger partial charge on any atom is 0.110 e. The van der Waals surface area contributed by atoms with E-state index >= 15 is 0 Å². The molecule has 3 rings (SSSR count). The second-order valence-electron chi connectivity index (χ2n) is 6.24. The first-order chi connectivity index (χ1) is 10.4. The quantitative estimate of drug-likeness (QED) is 0.774. The van der Waals surface area contributed by atoms with Crippen molar-refractivity contribution in [3.05, 3.63) is 40.4 Å².